The molecule has 1 fully saturated rings. The van der Waals surface area contributed by atoms with E-state index in [1.165, 1.54) is 18.2 Å². The molecule has 1 aromatic rings. The first-order chi connectivity index (χ1) is 15.7. The number of nitro groups is 1. The van der Waals surface area contributed by atoms with E-state index in [-0.39, 0.29) is 24.3 Å². The zero-order valence-electron chi connectivity index (χ0n) is 18.6. The van der Waals surface area contributed by atoms with Gasteiger partial charge < -0.3 is 19.9 Å². The Morgan fingerprint density at radius 3 is 2.79 bits per heavy atom. The highest BCUT2D eigenvalue weighted by Crippen LogP contribution is 2.47. The molecule has 33 heavy (non-hydrogen) atoms. The molecule has 0 aromatic heterocycles. The number of nitrogens with zero attached hydrogens (tertiary/aromatic N) is 2. The molecule has 176 valence electrons. The number of nitriles is 1. The summed E-state index contributed by atoms with van der Waals surface area (Å²) in [6.07, 6.45) is 1.96. The average Bonchev–Trinajstić information content (AvgIpc) is 2.79. The van der Waals surface area contributed by atoms with Crippen LogP contribution in [-0.4, -0.2) is 46.8 Å². The second kappa shape index (κ2) is 10.0. The Bertz CT molecular complexity index is 1010. The Hall–Kier alpha value is -3.45. The topological polar surface area (TPSA) is 152 Å². The van der Waals surface area contributed by atoms with Crippen LogP contribution in [0.4, 0.5) is 5.69 Å². The summed E-state index contributed by atoms with van der Waals surface area (Å²) in [6.45, 7) is 3.77. The lowest BCUT2D eigenvalue weighted by molar-refractivity contribution is -0.384. The number of hydrogen-bond donors (Lipinski definition) is 2. The Kier molecular flexibility index (Phi) is 7.33. The van der Waals surface area contributed by atoms with Crippen LogP contribution in [-0.2, 0) is 19.1 Å². The van der Waals surface area contributed by atoms with Crippen molar-refractivity contribution in [2.75, 3.05) is 13.2 Å². The number of carboxylic acid groups (broad SMARTS) is 1. The summed E-state index contributed by atoms with van der Waals surface area (Å²) in [7, 11) is 0. The van der Waals surface area contributed by atoms with Crippen molar-refractivity contribution in [2.24, 2.45) is 5.92 Å². The fourth-order valence-electron chi connectivity index (χ4n) is 4.93. The number of aliphatic carboxylic acids is 1. The van der Waals surface area contributed by atoms with Crippen LogP contribution in [0.1, 0.15) is 51.0 Å². The zero-order chi connectivity index (χ0) is 24.2. The summed E-state index contributed by atoms with van der Waals surface area (Å²) in [5.41, 5.74) is -0.466. The van der Waals surface area contributed by atoms with E-state index in [0.29, 0.717) is 24.3 Å². The molecule has 2 N–H and O–H groups in total. The lowest BCUT2D eigenvalue weighted by Crippen LogP contribution is -2.64. The normalized spacial score (nSPS) is 27.2. The molecule has 0 spiro atoms. The molecule has 0 aliphatic carbocycles. The van der Waals surface area contributed by atoms with E-state index in [0.717, 1.165) is 12.8 Å². The molecule has 3 rings (SSSR count). The Morgan fingerprint density at radius 2 is 2.18 bits per heavy atom. The number of rotatable bonds is 7. The molecule has 1 aromatic carbocycles. The van der Waals surface area contributed by atoms with Crippen molar-refractivity contribution in [3.05, 3.63) is 51.2 Å². The van der Waals surface area contributed by atoms with Gasteiger partial charge in [0.05, 0.1) is 40.5 Å². The summed E-state index contributed by atoms with van der Waals surface area (Å²) < 4.78 is 11.2. The molecule has 4 atom stereocenters. The van der Waals surface area contributed by atoms with Crippen molar-refractivity contribution in [3.8, 4) is 6.07 Å². The predicted octanol–water partition coefficient (Wildman–Crippen LogP) is 3.04. The van der Waals surface area contributed by atoms with Crippen molar-refractivity contribution in [1.29, 1.82) is 5.26 Å². The van der Waals surface area contributed by atoms with Gasteiger partial charge in [-0.15, -0.1) is 0 Å². The number of benzene rings is 1. The van der Waals surface area contributed by atoms with E-state index in [1.54, 1.807) is 19.9 Å². The Labute approximate surface area is 191 Å². The first-order valence-corrected chi connectivity index (χ1v) is 10.8. The summed E-state index contributed by atoms with van der Waals surface area (Å²) in [6, 6.07) is 7.54. The molecular weight excluding hydrogens is 430 g/mol. The maximum absolute atomic E-state index is 13.1. The van der Waals surface area contributed by atoms with Gasteiger partial charge in [-0.05, 0) is 38.7 Å². The molecule has 0 saturated carbocycles. The molecule has 0 amide bonds. The van der Waals surface area contributed by atoms with Crippen LogP contribution < -0.4 is 5.32 Å². The molecule has 3 unspecified atom stereocenters. The molecular formula is C23H27N3O7. The minimum Gasteiger partial charge on any atom is -0.481 e. The van der Waals surface area contributed by atoms with Crippen LogP contribution in [0.15, 0.2) is 35.5 Å². The Morgan fingerprint density at radius 1 is 1.42 bits per heavy atom. The van der Waals surface area contributed by atoms with Gasteiger partial charge in [-0.3, -0.25) is 14.9 Å². The lowest BCUT2D eigenvalue weighted by Gasteiger charge is -2.50. The summed E-state index contributed by atoms with van der Waals surface area (Å²) >= 11 is 0. The van der Waals surface area contributed by atoms with Gasteiger partial charge >= 0.3 is 11.9 Å². The van der Waals surface area contributed by atoms with Crippen LogP contribution in [0.3, 0.4) is 0 Å². The molecule has 2 aliphatic heterocycles. The lowest BCUT2D eigenvalue weighted by atomic mass is 9.64. The quantitative estimate of drug-likeness (QED) is 0.272. The largest absolute Gasteiger partial charge is 0.481 e. The smallest absolute Gasteiger partial charge is 0.336 e. The minimum absolute atomic E-state index is 0.0110. The Balaban J connectivity index is 2.17. The van der Waals surface area contributed by atoms with Crippen molar-refractivity contribution in [1.82, 2.24) is 5.32 Å². The summed E-state index contributed by atoms with van der Waals surface area (Å²) in [5, 5.41) is 33.8. The van der Waals surface area contributed by atoms with Crippen molar-refractivity contribution >= 4 is 17.6 Å². The number of carbonyl (C=O) groups is 2. The van der Waals surface area contributed by atoms with Crippen molar-refractivity contribution in [2.45, 2.75) is 57.1 Å². The third kappa shape index (κ3) is 4.83. The number of carbonyl (C=O) groups excluding carboxylic acids is 1. The average molecular weight is 457 g/mol. The van der Waals surface area contributed by atoms with Crippen LogP contribution in [0.2, 0.25) is 0 Å². The van der Waals surface area contributed by atoms with Crippen LogP contribution >= 0.6 is 0 Å². The van der Waals surface area contributed by atoms with E-state index in [9.17, 15) is 24.8 Å². The van der Waals surface area contributed by atoms with Gasteiger partial charge in [0.2, 0.25) is 0 Å². The highest BCUT2D eigenvalue weighted by atomic mass is 16.6. The summed E-state index contributed by atoms with van der Waals surface area (Å²) in [5.74, 6) is -4.12. The van der Waals surface area contributed by atoms with Gasteiger partial charge in [0.25, 0.3) is 5.69 Å². The first kappa shape index (κ1) is 24.2. The predicted molar refractivity (Wildman–Crippen MR) is 116 cm³/mol. The second-order valence-corrected chi connectivity index (χ2v) is 8.49. The third-order valence-electron chi connectivity index (χ3n) is 6.37. The molecule has 10 heteroatoms. The van der Waals surface area contributed by atoms with Gasteiger partial charge in [-0.2, -0.15) is 5.26 Å². The third-order valence-corrected chi connectivity index (χ3v) is 6.37. The van der Waals surface area contributed by atoms with E-state index in [4.69, 9.17) is 14.7 Å². The number of ether oxygens (including phenoxy) is 2. The number of allylic oxidation sites excluding steroid dienone is 1. The van der Waals surface area contributed by atoms with Gasteiger partial charge in [-0.1, -0.05) is 12.1 Å². The van der Waals surface area contributed by atoms with Gasteiger partial charge in [0.1, 0.15) is 6.61 Å². The van der Waals surface area contributed by atoms with E-state index in [1.807, 2.05) is 6.07 Å². The first-order valence-electron chi connectivity index (χ1n) is 10.8. The molecule has 1 saturated heterocycles. The van der Waals surface area contributed by atoms with Crippen molar-refractivity contribution < 1.29 is 29.1 Å². The molecule has 2 heterocycles. The highest BCUT2D eigenvalue weighted by molar-refractivity contribution is 5.93. The van der Waals surface area contributed by atoms with Gasteiger partial charge in [0.15, 0.2) is 0 Å². The molecule has 10 nitrogen and oxygen atoms in total. The van der Waals surface area contributed by atoms with Crippen molar-refractivity contribution in [3.63, 3.8) is 0 Å². The molecule has 0 radical (unpaired) electrons. The van der Waals surface area contributed by atoms with E-state index < -0.39 is 40.3 Å². The fraction of sp³-hybridized carbons (Fsp3) is 0.522. The minimum atomic E-state index is -1.18. The number of hydrogen-bond acceptors (Lipinski definition) is 8. The zero-order valence-corrected chi connectivity index (χ0v) is 18.6. The van der Waals surface area contributed by atoms with E-state index >= 15 is 0 Å². The van der Waals surface area contributed by atoms with Crippen LogP contribution in [0.25, 0.3) is 0 Å². The fourth-order valence-corrected chi connectivity index (χ4v) is 4.93. The maximum atomic E-state index is 13.1. The highest BCUT2D eigenvalue weighted by Gasteiger charge is 2.55. The SMILES string of the molecule is CC1=C(C(=O)OCCC#N)[C@H](c2cccc([N+](=O)[O-])c2)C(C(=O)O)C(C)(C2CCCCO2)N1. The number of esters is 1. The monoisotopic (exact) mass is 457 g/mol. The molecule has 0 bridgehead atoms. The van der Waals surface area contributed by atoms with Gasteiger partial charge in [-0.25, -0.2) is 4.79 Å². The van der Waals surface area contributed by atoms with Crippen LogP contribution in [0.5, 0.6) is 0 Å². The second-order valence-electron chi connectivity index (χ2n) is 8.49. The molecule has 2 aliphatic rings. The number of nitro benzene ring substituents is 1. The maximum Gasteiger partial charge on any atom is 0.336 e. The van der Waals surface area contributed by atoms with Gasteiger partial charge in [0, 0.05) is 30.4 Å². The van der Waals surface area contributed by atoms with E-state index in [2.05, 4.69) is 5.32 Å². The standard InChI is InChI=1S/C23H27N3O7/c1-14-18(22(29)33-12-6-10-24)19(15-7-5-8-16(13-15)26(30)31)20(21(27)28)23(2,25-14)17-9-3-4-11-32-17/h5,7-8,13,17,19-20,25H,3-4,6,9,11-12H2,1-2H3,(H,27,28)/t17?,19-,20?,23?/m0/s1. The van der Waals surface area contributed by atoms with Crippen LogP contribution in [0, 0.1) is 27.4 Å². The number of non-ortho nitro benzene ring substituents is 1. The number of nitrogens with one attached hydrogen (secondary N) is 1. The summed E-state index contributed by atoms with van der Waals surface area (Å²) in [4.78, 5) is 36.6. The number of carboxylic acids is 1.